The van der Waals surface area contributed by atoms with E-state index >= 15 is 0 Å². The first-order chi connectivity index (χ1) is 11.4. The number of anilines is 2. The standard InChI is InChI=1S/C18H17ClN2O3/c1-11-3-6-16-15(7-11)21(18(23)10-24-16)9-17(22)20-14-8-13(19)5-4-12(14)2/h3-8H,9-10H2,1-2H3,(H,20,22). The van der Waals surface area contributed by atoms with Gasteiger partial charge in [-0.1, -0.05) is 23.7 Å². The highest BCUT2D eigenvalue weighted by Gasteiger charge is 2.27. The number of fused-ring (bicyclic) bond motifs is 1. The highest BCUT2D eigenvalue weighted by atomic mass is 35.5. The lowest BCUT2D eigenvalue weighted by Gasteiger charge is -2.29. The summed E-state index contributed by atoms with van der Waals surface area (Å²) < 4.78 is 5.42. The van der Waals surface area contributed by atoms with Gasteiger partial charge < -0.3 is 10.1 Å². The topological polar surface area (TPSA) is 58.6 Å². The summed E-state index contributed by atoms with van der Waals surface area (Å²) in [5.41, 5.74) is 3.14. The third-order valence-corrected chi connectivity index (χ3v) is 4.07. The number of hydrogen-bond acceptors (Lipinski definition) is 3. The summed E-state index contributed by atoms with van der Waals surface area (Å²) in [4.78, 5) is 26.0. The Morgan fingerprint density at radius 3 is 2.83 bits per heavy atom. The van der Waals surface area contributed by atoms with Gasteiger partial charge in [-0.05, 0) is 49.2 Å². The molecule has 24 heavy (non-hydrogen) atoms. The van der Waals surface area contributed by atoms with Crippen LogP contribution >= 0.6 is 11.6 Å². The number of amides is 2. The molecule has 1 N–H and O–H groups in total. The molecular weight excluding hydrogens is 328 g/mol. The molecule has 6 heteroatoms. The number of benzene rings is 2. The number of halogens is 1. The van der Waals surface area contributed by atoms with E-state index in [1.807, 2.05) is 38.1 Å². The van der Waals surface area contributed by atoms with E-state index in [0.717, 1.165) is 11.1 Å². The van der Waals surface area contributed by atoms with E-state index < -0.39 is 0 Å². The van der Waals surface area contributed by atoms with E-state index in [9.17, 15) is 9.59 Å². The predicted octanol–water partition coefficient (Wildman–Crippen LogP) is 3.32. The van der Waals surface area contributed by atoms with Crippen LogP contribution in [0.5, 0.6) is 5.75 Å². The van der Waals surface area contributed by atoms with Crippen molar-refractivity contribution < 1.29 is 14.3 Å². The van der Waals surface area contributed by atoms with E-state index in [0.29, 0.717) is 22.1 Å². The Morgan fingerprint density at radius 1 is 1.25 bits per heavy atom. The van der Waals surface area contributed by atoms with Crippen molar-refractivity contribution in [1.29, 1.82) is 0 Å². The fourth-order valence-electron chi connectivity index (χ4n) is 2.55. The van der Waals surface area contributed by atoms with Gasteiger partial charge in [-0.25, -0.2) is 0 Å². The van der Waals surface area contributed by atoms with Crippen LogP contribution in [0.25, 0.3) is 0 Å². The minimum atomic E-state index is -0.289. The van der Waals surface area contributed by atoms with Crippen LogP contribution in [-0.2, 0) is 9.59 Å². The van der Waals surface area contributed by atoms with Gasteiger partial charge in [0.05, 0.1) is 5.69 Å². The van der Waals surface area contributed by atoms with Crippen LogP contribution in [0.15, 0.2) is 36.4 Å². The molecule has 0 unspecified atom stereocenters. The van der Waals surface area contributed by atoms with Gasteiger partial charge >= 0.3 is 0 Å². The van der Waals surface area contributed by atoms with E-state index in [1.54, 1.807) is 12.1 Å². The van der Waals surface area contributed by atoms with Gasteiger partial charge in [0.1, 0.15) is 12.3 Å². The summed E-state index contributed by atoms with van der Waals surface area (Å²) in [7, 11) is 0. The number of rotatable bonds is 3. The minimum absolute atomic E-state index is 0.0699. The van der Waals surface area contributed by atoms with Crippen LogP contribution in [-0.4, -0.2) is 25.0 Å². The molecule has 124 valence electrons. The van der Waals surface area contributed by atoms with Crippen molar-refractivity contribution in [3.63, 3.8) is 0 Å². The average Bonchev–Trinajstić information content (AvgIpc) is 2.54. The van der Waals surface area contributed by atoms with Gasteiger partial charge in [0.15, 0.2) is 6.61 Å². The quantitative estimate of drug-likeness (QED) is 0.929. The highest BCUT2D eigenvalue weighted by molar-refractivity contribution is 6.31. The normalized spacial score (nSPS) is 13.3. The van der Waals surface area contributed by atoms with Crippen molar-refractivity contribution >= 4 is 34.8 Å². The molecule has 1 heterocycles. The van der Waals surface area contributed by atoms with Crippen LogP contribution in [0.1, 0.15) is 11.1 Å². The molecule has 1 aliphatic heterocycles. The Hall–Kier alpha value is -2.53. The summed E-state index contributed by atoms with van der Waals surface area (Å²) in [6, 6.07) is 10.8. The van der Waals surface area contributed by atoms with Gasteiger partial charge in [-0.3, -0.25) is 14.5 Å². The summed E-state index contributed by atoms with van der Waals surface area (Å²) in [5.74, 6) is 0.0704. The van der Waals surface area contributed by atoms with Crippen molar-refractivity contribution in [3.8, 4) is 5.75 Å². The number of carbonyl (C=O) groups is 2. The van der Waals surface area contributed by atoms with E-state index in [2.05, 4.69) is 5.32 Å². The van der Waals surface area contributed by atoms with Gasteiger partial charge in [-0.2, -0.15) is 0 Å². The number of nitrogens with one attached hydrogen (secondary N) is 1. The van der Waals surface area contributed by atoms with Crippen LogP contribution in [0, 0.1) is 13.8 Å². The number of carbonyl (C=O) groups excluding carboxylic acids is 2. The average molecular weight is 345 g/mol. The second-order valence-corrected chi connectivity index (χ2v) is 6.18. The zero-order valence-corrected chi connectivity index (χ0v) is 14.2. The fraction of sp³-hybridized carbons (Fsp3) is 0.222. The summed E-state index contributed by atoms with van der Waals surface area (Å²) >= 11 is 5.97. The maximum Gasteiger partial charge on any atom is 0.265 e. The first-order valence-electron chi connectivity index (χ1n) is 7.54. The zero-order valence-electron chi connectivity index (χ0n) is 13.4. The van der Waals surface area contributed by atoms with Crippen LogP contribution in [0.4, 0.5) is 11.4 Å². The number of ether oxygens (including phenoxy) is 1. The molecule has 2 aromatic carbocycles. The Labute approximate surface area is 145 Å². The third kappa shape index (κ3) is 3.36. The lowest BCUT2D eigenvalue weighted by atomic mass is 10.1. The lowest BCUT2D eigenvalue weighted by Crippen LogP contribution is -2.43. The molecule has 0 atom stereocenters. The Kier molecular flexibility index (Phi) is 4.44. The molecule has 0 aliphatic carbocycles. The first-order valence-corrected chi connectivity index (χ1v) is 7.91. The summed E-state index contributed by atoms with van der Waals surface area (Å²) in [5, 5.41) is 3.35. The molecular formula is C18H17ClN2O3. The molecule has 2 amide bonds. The second kappa shape index (κ2) is 6.53. The van der Waals surface area contributed by atoms with Crippen LogP contribution in [0.2, 0.25) is 5.02 Å². The smallest absolute Gasteiger partial charge is 0.265 e. The van der Waals surface area contributed by atoms with Crippen molar-refractivity contribution in [2.75, 3.05) is 23.4 Å². The predicted molar refractivity (Wildman–Crippen MR) is 93.8 cm³/mol. The fourth-order valence-corrected chi connectivity index (χ4v) is 2.72. The molecule has 0 aromatic heterocycles. The van der Waals surface area contributed by atoms with Crippen molar-refractivity contribution in [1.82, 2.24) is 0 Å². The third-order valence-electron chi connectivity index (χ3n) is 3.83. The second-order valence-electron chi connectivity index (χ2n) is 5.75. The molecule has 1 aliphatic rings. The monoisotopic (exact) mass is 344 g/mol. The first kappa shape index (κ1) is 16.3. The van der Waals surface area contributed by atoms with Crippen LogP contribution in [0.3, 0.4) is 0 Å². The Bertz CT molecular complexity index is 820. The molecule has 0 saturated carbocycles. The minimum Gasteiger partial charge on any atom is -0.482 e. The number of hydrogen-bond donors (Lipinski definition) is 1. The highest BCUT2D eigenvalue weighted by Crippen LogP contribution is 2.32. The maximum atomic E-state index is 12.4. The molecule has 0 saturated heterocycles. The molecule has 2 aromatic rings. The molecule has 0 fully saturated rings. The van der Waals surface area contributed by atoms with Gasteiger partial charge in [0, 0.05) is 10.7 Å². The SMILES string of the molecule is Cc1ccc2c(c1)N(CC(=O)Nc1cc(Cl)ccc1C)C(=O)CO2. The van der Waals surface area contributed by atoms with Crippen molar-refractivity contribution in [3.05, 3.63) is 52.5 Å². The van der Waals surface area contributed by atoms with E-state index in [4.69, 9.17) is 16.3 Å². The van der Waals surface area contributed by atoms with Gasteiger partial charge in [0.25, 0.3) is 5.91 Å². The van der Waals surface area contributed by atoms with E-state index in [-0.39, 0.29) is 25.0 Å². The van der Waals surface area contributed by atoms with E-state index in [1.165, 1.54) is 4.90 Å². The molecule has 0 spiro atoms. The van der Waals surface area contributed by atoms with Gasteiger partial charge in [-0.15, -0.1) is 0 Å². The lowest BCUT2D eigenvalue weighted by molar-refractivity contribution is -0.123. The largest absolute Gasteiger partial charge is 0.482 e. The van der Waals surface area contributed by atoms with Crippen LogP contribution < -0.4 is 15.0 Å². The number of aryl methyl sites for hydroxylation is 2. The zero-order chi connectivity index (χ0) is 17.3. The molecule has 5 nitrogen and oxygen atoms in total. The molecule has 3 rings (SSSR count). The maximum absolute atomic E-state index is 12.4. The summed E-state index contributed by atoms with van der Waals surface area (Å²) in [6.07, 6.45) is 0. The molecule has 0 radical (unpaired) electrons. The summed E-state index contributed by atoms with van der Waals surface area (Å²) in [6.45, 7) is 3.65. The Morgan fingerprint density at radius 2 is 2.04 bits per heavy atom. The van der Waals surface area contributed by atoms with Crippen molar-refractivity contribution in [2.24, 2.45) is 0 Å². The number of nitrogens with zero attached hydrogens (tertiary/aromatic N) is 1. The molecule has 0 bridgehead atoms. The Balaban J connectivity index is 1.80. The van der Waals surface area contributed by atoms with Crippen molar-refractivity contribution in [2.45, 2.75) is 13.8 Å². The van der Waals surface area contributed by atoms with Gasteiger partial charge in [0.2, 0.25) is 5.91 Å².